The molecule has 35 heavy (non-hydrogen) atoms. The predicted molar refractivity (Wildman–Crippen MR) is 131 cm³/mol. The van der Waals surface area contributed by atoms with E-state index in [1.165, 1.54) is 18.5 Å². The first-order valence-electron chi connectivity index (χ1n) is 11.0. The molecule has 0 spiro atoms. The summed E-state index contributed by atoms with van der Waals surface area (Å²) in [5.74, 6) is 0.813. The Morgan fingerprint density at radius 2 is 2.11 bits per heavy atom. The lowest BCUT2D eigenvalue weighted by Crippen LogP contribution is -2.43. The molecule has 1 aliphatic rings. The number of nitrogens with one attached hydrogen (secondary N) is 1. The highest BCUT2D eigenvalue weighted by Gasteiger charge is 2.35. The number of hydrogen-bond donors (Lipinski definition) is 2. The molecule has 2 aromatic carbocycles. The van der Waals surface area contributed by atoms with Crippen molar-refractivity contribution >= 4 is 39.9 Å². The number of aliphatic hydroxyl groups excluding tert-OH is 1. The fourth-order valence-corrected chi connectivity index (χ4v) is 4.25. The van der Waals surface area contributed by atoms with E-state index < -0.39 is 11.9 Å². The van der Waals surface area contributed by atoms with Gasteiger partial charge in [-0.2, -0.15) is 0 Å². The Labute approximate surface area is 207 Å². The number of anilines is 2. The number of aliphatic hydroxyl groups is 1. The number of rotatable bonds is 8. The van der Waals surface area contributed by atoms with Crippen LogP contribution in [0.1, 0.15) is 6.42 Å². The molecule has 9 nitrogen and oxygen atoms in total. The molecule has 1 saturated heterocycles. The number of hydrogen-bond acceptors (Lipinski definition) is 8. The molecule has 186 valence electrons. The molecule has 0 saturated carbocycles. The molecule has 11 heteroatoms. The number of carbonyl (C=O) groups excluding carboxylic acids is 1. The smallest absolute Gasteiger partial charge is 0.237 e. The van der Waals surface area contributed by atoms with E-state index in [1.54, 1.807) is 35.1 Å². The first-order valence-corrected chi connectivity index (χ1v) is 11.4. The largest absolute Gasteiger partial charge is 0.497 e. The average molecular weight is 504 g/mol. The van der Waals surface area contributed by atoms with E-state index in [4.69, 9.17) is 21.1 Å². The highest BCUT2D eigenvalue weighted by Crippen LogP contribution is 2.36. The second kappa shape index (κ2) is 10.6. The minimum atomic E-state index is -0.611. The Balaban J connectivity index is 1.64. The summed E-state index contributed by atoms with van der Waals surface area (Å²) in [5, 5.41) is 13.9. The van der Waals surface area contributed by atoms with Gasteiger partial charge in [0.2, 0.25) is 5.91 Å². The lowest BCUT2D eigenvalue weighted by molar-refractivity contribution is -0.133. The molecule has 1 fully saturated rings. The van der Waals surface area contributed by atoms with Crippen LogP contribution in [0, 0.1) is 5.82 Å². The van der Waals surface area contributed by atoms with E-state index in [0.29, 0.717) is 40.3 Å². The van der Waals surface area contributed by atoms with Crippen LogP contribution < -0.4 is 14.8 Å². The number of halogens is 2. The van der Waals surface area contributed by atoms with Gasteiger partial charge in [-0.25, -0.2) is 14.4 Å². The van der Waals surface area contributed by atoms with E-state index >= 15 is 0 Å². The number of likely N-dealkylation sites (tertiary alicyclic amines) is 1. The van der Waals surface area contributed by atoms with Crippen molar-refractivity contribution in [1.82, 2.24) is 19.8 Å². The van der Waals surface area contributed by atoms with Gasteiger partial charge in [0.15, 0.2) is 0 Å². The fraction of sp³-hybridized carbons (Fsp3) is 0.375. The van der Waals surface area contributed by atoms with Crippen LogP contribution in [0.3, 0.4) is 0 Å². The number of β-amino-alcohol motifs (C(OH)–C–C–N with tert-alkyl or cyclic N) is 1. The highest BCUT2D eigenvalue weighted by molar-refractivity contribution is 6.31. The van der Waals surface area contributed by atoms with Gasteiger partial charge in [0.1, 0.15) is 36.1 Å². The minimum absolute atomic E-state index is 0.0196. The third-order valence-electron chi connectivity index (χ3n) is 5.69. The number of aromatic nitrogens is 2. The van der Waals surface area contributed by atoms with Crippen LogP contribution in [-0.2, 0) is 4.79 Å². The van der Waals surface area contributed by atoms with Gasteiger partial charge in [-0.3, -0.25) is 4.79 Å². The Hall–Kier alpha value is -3.21. The van der Waals surface area contributed by atoms with Crippen LogP contribution in [0.5, 0.6) is 11.5 Å². The zero-order valence-electron chi connectivity index (χ0n) is 19.7. The molecule has 2 atom stereocenters. The quantitative estimate of drug-likeness (QED) is 0.484. The standard InChI is InChI=1S/C24H27ClFN5O4/c1-30(2)11-22(33)31-10-16(32)7-15(31)12-35-21-9-17(34-3)8-20-23(21)24(28-13-27-20)29-14-4-5-19(26)18(25)6-14/h4-6,8-9,13,15-16,32H,7,10-12H2,1-3H3,(H,27,28,29). The molecule has 3 aromatic rings. The van der Waals surface area contributed by atoms with Gasteiger partial charge < -0.3 is 29.7 Å². The molecule has 2 unspecified atom stereocenters. The van der Waals surface area contributed by atoms with Crippen LogP contribution in [0.25, 0.3) is 10.9 Å². The summed E-state index contributed by atoms with van der Waals surface area (Å²) in [7, 11) is 5.18. The molecular formula is C24H27ClFN5O4. The number of nitrogens with zero attached hydrogens (tertiary/aromatic N) is 4. The summed E-state index contributed by atoms with van der Waals surface area (Å²) in [6.45, 7) is 0.670. The first-order chi connectivity index (χ1) is 16.7. The lowest BCUT2D eigenvalue weighted by atomic mass is 10.1. The zero-order valence-corrected chi connectivity index (χ0v) is 20.4. The number of benzene rings is 2. The average Bonchev–Trinajstić information content (AvgIpc) is 3.20. The van der Waals surface area contributed by atoms with Crippen molar-refractivity contribution in [1.29, 1.82) is 0 Å². The van der Waals surface area contributed by atoms with E-state index in [-0.39, 0.29) is 36.7 Å². The molecule has 2 heterocycles. The Bertz CT molecular complexity index is 1230. The first kappa shape index (κ1) is 24.9. The maximum atomic E-state index is 13.6. The molecule has 0 aliphatic carbocycles. The fourth-order valence-electron chi connectivity index (χ4n) is 4.07. The Kier molecular flexibility index (Phi) is 7.54. The maximum Gasteiger partial charge on any atom is 0.237 e. The van der Waals surface area contributed by atoms with E-state index in [9.17, 15) is 14.3 Å². The molecule has 0 bridgehead atoms. The minimum Gasteiger partial charge on any atom is -0.497 e. The normalized spacial score (nSPS) is 17.7. The van der Waals surface area contributed by atoms with Crippen LogP contribution in [0.15, 0.2) is 36.7 Å². The van der Waals surface area contributed by atoms with Crippen molar-refractivity contribution in [2.45, 2.75) is 18.6 Å². The molecular weight excluding hydrogens is 477 g/mol. The molecule has 0 radical (unpaired) electrons. The maximum absolute atomic E-state index is 13.6. The second-order valence-corrected chi connectivity index (χ2v) is 9.04. The lowest BCUT2D eigenvalue weighted by Gasteiger charge is -2.26. The van der Waals surface area contributed by atoms with Gasteiger partial charge in [-0.05, 0) is 38.7 Å². The van der Waals surface area contributed by atoms with Crippen molar-refractivity contribution in [2.24, 2.45) is 0 Å². The van der Waals surface area contributed by atoms with Gasteiger partial charge >= 0.3 is 0 Å². The van der Waals surface area contributed by atoms with Crippen LogP contribution >= 0.6 is 11.6 Å². The molecule has 1 aromatic heterocycles. The number of ether oxygens (including phenoxy) is 2. The zero-order chi connectivity index (χ0) is 25.1. The van der Waals surface area contributed by atoms with Crippen LogP contribution in [0.2, 0.25) is 5.02 Å². The van der Waals surface area contributed by atoms with Gasteiger partial charge in [0, 0.05) is 24.4 Å². The molecule has 2 N–H and O–H groups in total. The topological polar surface area (TPSA) is 100 Å². The predicted octanol–water partition coefficient (Wildman–Crippen LogP) is 3.08. The summed E-state index contributed by atoms with van der Waals surface area (Å²) in [4.78, 5) is 24.8. The van der Waals surface area contributed by atoms with Gasteiger partial charge in [-0.1, -0.05) is 11.6 Å². The van der Waals surface area contributed by atoms with E-state index in [0.717, 1.165) is 0 Å². The third-order valence-corrected chi connectivity index (χ3v) is 5.98. The summed E-state index contributed by atoms with van der Waals surface area (Å²) in [6.07, 6.45) is 1.20. The number of carbonyl (C=O) groups is 1. The molecule has 1 aliphatic heterocycles. The summed E-state index contributed by atoms with van der Waals surface area (Å²) < 4.78 is 25.2. The highest BCUT2D eigenvalue weighted by atomic mass is 35.5. The second-order valence-electron chi connectivity index (χ2n) is 8.63. The van der Waals surface area contributed by atoms with E-state index in [1.807, 2.05) is 14.1 Å². The van der Waals surface area contributed by atoms with Crippen LogP contribution in [0.4, 0.5) is 15.9 Å². The van der Waals surface area contributed by atoms with Crippen LogP contribution in [-0.4, -0.2) is 83.8 Å². The SMILES string of the molecule is COc1cc(OCC2CC(O)CN2C(=O)CN(C)C)c2c(Nc3ccc(F)c(Cl)c3)ncnc2c1. The number of fused-ring (bicyclic) bond motifs is 1. The van der Waals surface area contributed by atoms with Crippen molar-refractivity contribution in [3.05, 3.63) is 47.5 Å². The van der Waals surface area contributed by atoms with Crippen molar-refractivity contribution in [2.75, 3.05) is 46.2 Å². The monoisotopic (exact) mass is 503 g/mol. The van der Waals surface area contributed by atoms with Gasteiger partial charge in [0.25, 0.3) is 0 Å². The number of amides is 1. The van der Waals surface area contributed by atoms with Crippen molar-refractivity contribution in [3.63, 3.8) is 0 Å². The number of methoxy groups -OCH3 is 1. The van der Waals surface area contributed by atoms with Crippen molar-refractivity contribution < 1.29 is 23.8 Å². The van der Waals surface area contributed by atoms with E-state index in [2.05, 4.69) is 15.3 Å². The summed E-state index contributed by atoms with van der Waals surface area (Å²) >= 11 is 5.93. The molecule has 4 rings (SSSR count). The summed E-state index contributed by atoms with van der Waals surface area (Å²) in [5.41, 5.74) is 1.11. The Morgan fingerprint density at radius 3 is 2.83 bits per heavy atom. The van der Waals surface area contributed by atoms with Crippen molar-refractivity contribution in [3.8, 4) is 11.5 Å². The summed E-state index contributed by atoms with van der Waals surface area (Å²) in [6, 6.07) is 7.44. The number of likely N-dealkylation sites (N-methyl/N-ethyl adjacent to an activating group) is 1. The Morgan fingerprint density at radius 1 is 1.31 bits per heavy atom. The molecule has 1 amide bonds. The van der Waals surface area contributed by atoms with Gasteiger partial charge in [-0.15, -0.1) is 0 Å². The third kappa shape index (κ3) is 5.72. The van der Waals surface area contributed by atoms with Gasteiger partial charge in [0.05, 0.1) is 41.7 Å².